The highest BCUT2D eigenvalue weighted by Crippen LogP contribution is 2.02. The first kappa shape index (κ1) is 14.5. The number of hydrogen-bond acceptors (Lipinski definition) is 3. The van der Waals surface area contributed by atoms with E-state index < -0.39 is 18.1 Å². The van der Waals surface area contributed by atoms with Crippen LogP contribution in [0.5, 0.6) is 0 Å². The van der Waals surface area contributed by atoms with Crippen LogP contribution in [-0.4, -0.2) is 28.5 Å². The lowest BCUT2D eigenvalue weighted by Gasteiger charge is -2.13. The van der Waals surface area contributed by atoms with Gasteiger partial charge in [-0.2, -0.15) is 0 Å². The molecule has 2 N–H and O–H groups in total. The third kappa shape index (κ3) is 5.18. The van der Waals surface area contributed by atoms with Crippen LogP contribution < -0.4 is 5.32 Å². The van der Waals surface area contributed by atoms with Gasteiger partial charge in [-0.1, -0.05) is 46.3 Å². The molecular formula is C12H14BrNO4. The van der Waals surface area contributed by atoms with E-state index in [9.17, 15) is 9.59 Å². The van der Waals surface area contributed by atoms with Gasteiger partial charge in [-0.3, -0.25) is 0 Å². The summed E-state index contributed by atoms with van der Waals surface area (Å²) in [6.45, 7) is 0.118. The third-order valence-corrected chi connectivity index (χ3v) is 2.66. The van der Waals surface area contributed by atoms with Gasteiger partial charge in [0.25, 0.3) is 0 Å². The van der Waals surface area contributed by atoms with Crippen molar-refractivity contribution in [1.29, 1.82) is 0 Å². The minimum Gasteiger partial charge on any atom is -0.480 e. The Kier molecular flexibility index (Phi) is 6.21. The molecule has 0 radical (unpaired) electrons. The van der Waals surface area contributed by atoms with Crippen molar-refractivity contribution in [2.24, 2.45) is 0 Å². The summed E-state index contributed by atoms with van der Waals surface area (Å²) < 4.78 is 4.93. The van der Waals surface area contributed by atoms with Gasteiger partial charge in [0.1, 0.15) is 12.6 Å². The SMILES string of the molecule is O=C(N[C@H](CCBr)C(=O)O)OCc1ccccc1. The second-order valence-corrected chi connectivity index (χ2v) is 4.37. The van der Waals surface area contributed by atoms with E-state index in [-0.39, 0.29) is 6.61 Å². The fraction of sp³-hybridized carbons (Fsp3) is 0.333. The summed E-state index contributed by atoms with van der Waals surface area (Å²) in [7, 11) is 0. The Morgan fingerprint density at radius 1 is 1.33 bits per heavy atom. The third-order valence-electron chi connectivity index (χ3n) is 2.20. The van der Waals surface area contributed by atoms with Crippen LogP contribution in [0.2, 0.25) is 0 Å². The zero-order chi connectivity index (χ0) is 13.4. The van der Waals surface area contributed by atoms with E-state index in [0.29, 0.717) is 11.8 Å². The lowest BCUT2D eigenvalue weighted by Crippen LogP contribution is -2.41. The van der Waals surface area contributed by atoms with Gasteiger partial charge >= 0.3 is 12.1 Å². The number of carbonyl (C=O) groups is 2. The summed E-state index contributed by atoms with van der Waals surface area (Å²) in [4.78, 5) is 22.2. The maximum Gasteiger partial charge on any atom is 0.408 e. The Labute approximate surface area is 113 Å². The molecule has 6 heteroatoms. The fourth-order valence-electron chi connectivity index (χ4n) is 1.27. The van der Waals surface area contributed by atoms with Gasteiger partial charge in [0.2, 0.25) is 0 Å². The molecule has 0 bridgehead atoms. The normalized spacial score (nSPS) is 11.6. The van der Waals surface area contributed by atoms with Crippen LogP contribution in [0.25, 0.3) is 0 Å². The molecule has 0 spiro atoms. The molecule has 0 heterocycles. The van der Waals surface area contributed by atoms with E-state index in [4.69, 9.17) is 9.84 Å². The molecule has 0 aliphatic rings. The molecular weight excluding hydrogens is 302 g/mol. The number of carboxylic acid groups (broad SMARTS) is 1. The van der Waals surface area contributed by atoms with E-state index in [1.807, 2.05) is 30.3 Å². The largest absolute Gasteiger partial charge is 0.480 e. The Morgan fingerprint density at radius 3 is 2.56 bits per heavy atom. The molecule has 1 amide bonds. The molecule has 0 fully saturated rings. The maximum absolute atomic E-state index is 11.4. The summed E-state index contributed by atoms with van der Waals surface area (Å²) >= 11 is 3.13. The zero-order valence-electron chi connectivity index (χ0n) is 9.64. The second-order valence-electron chi connectivity index (χ2n) is 3.57. The van der Waals surface area contributed by atoms with E-state index in [0.717, 1.165) is 5.56 Å². The number of rotatable bonds is 6. The predicted molar refractivity (Wildman–Crippen MR) is 69.6 cm³/mol. The number of carbonyl (C=O) groups excluding carboxylic acids is 1. The van der Waals surface area contributed by atoms with Crippen LogP contribution in [-0.2, 0) is 16.1 Å². The van der Waals surface area contributed by atoms with Crippen LogP contribution >= 0.6 is 15.9 Å². The molecule has 1 aromatic rings. The summed E-state index contributed by atoms with van der Waals surface area (Å²) in [6, 6.07) is 8.23. The number of carboxylic acids is 1. The molecule has 0 aliphatic carbocycles. The molecule has 98 valence electrons. The van der Waals surface area contributed by atoms with Crippen molar-refractivity contribution in [1.82, 2.24) is 5.32 Å². The molecule has 0 aliphatic heterocycles. The standard InChI is InChI=1S/C12H14BrNO4/c13-7-6-10(11(15)16)14-12(17)18-8-9-4-2-1-3-5-9/h1-5,10H,6-8H2,(H,14,17)(H,15,16)/t10-/m1/s1. The molecule has 1 aromatic carbocycles. The summed E-state index contributed by atoms with van der Waals surface area (Å²) in [6.07, 6.45) is -0.428. The molecule has 0 saturated carbocycles. The summed E-state index contributed by atoms with van der Waals surface area (Å²) in [5, 5.41) is 11.6. The van der Waals surface area contributed by atoms with Crippen LogP contribution in [0.15, 0.2) is 30.3 Å². The van der Waals surface area contributed by atoms with Gasteiger partial charge in [-0.15, -0.1) is 0 Å². The lowest BCUT2D eigenvalue weighted by atomic mass is 10.2. The van der Waals surface area contributed by atoms with E-state index in [1.54, 1.807) is 0 Å². The van der Waals surface area contributed by atoms with Gasteiger partial charge in [-0.05, 0) is 12.0 Å². The number of halogens is 1. The van der Waals surface area contributed by atoms with Gasteiger partial charge in [0.05, 0.1) is 0 Å². The van der Waals surface area contributed by atoms with E-state index in [1.165, 1.54) is 0 Å². The van der Waals surface area contributed by atoms with E-state index in [2.05, 4.69) is 21.2 Å². The Bertz CT molecular complexity index is 396. The molecule has 5 nitrogen and oxygen atoms in total. The Hall–Kier alpha value is -1.56. The first-order chi connectivity index (χ1) is 8.63. The molecule has 0 saturated heterocycles. The predicted octanol–water partition coefficient (Wildman–Crippen LogP) is 2.15. The quantitative estimate of drug-likeness (QED) is 0.789. The number of nitrogens with one attached hydrogen (secondary N) is 1. The number of alkyl halides is 1. The Morgan fingerprint density at radius 2 is 2.00 bits per heavy atom. The number of benzene rings is 1. The van der Waals surface area contributed by atoms with Gasteiger partial charge < -0.3 is 15.2 Å². The molecule has 1 rings (SSSR count). The molecule has 1 atom stereocenters. The highest BCUT2D eigenvalue weighted by molar-refractivity contribution is 9.09. The maximum atomic E-state index is 11.4. The van der Waals surface area contributed by atoms with Crippen LogP contribution in [0.4, 0.5) is 4.79 Å². The van der Waals surface area contributed by atoms with Crippen molar-refractivity contribution < 1.29 is 19.4 Å². The molecule has 18 heavy (non-hydrogen) atoms. The van der Waals surface area contributed by atoms with Crippen molar-refractivity contribution in [3.05, 3.63) is 35.9 Å². The minimum atomic E-state index is -1.08. The number of aliphatic carboxylic acids is 1. The Balaban J connectivity index is 2.39. The molecule has 0 aromatic heterocycles. The van der Waals surface area contributed by atoms with Crippen LogP contribution in [0, 0.1) is 0 Å². The average molecular weight is 316 g/mol. The van der Waals surface area contributed by atoms with Crippen molar-refractivity contribution >= 4 is 28.0 Å². The fourth-order valence-corrected chi connectivity index (χ4v) is 1.73. The smallest absolute Gasteiger partial charge is 0.408 e. The summed E-state index contributed by atoms with van der Waals surface area (Å²) in [5.74, 6) is -1.08. The van der Waals surface area contributed by atoms with Crippen molar-refractivity contribution in [3.8, 4) is 0 Å². The van der Waals surface area contributed by atoms with Gasteiger partial charge in [0, 0.05) is 5.33 Å². The zero-order valence-corrected chi connectivity index (χ0v) is 11.2. The van der Waals surface area contributed by atoms with Gasteiger partial charge in [-0.25, -0.2) is 9.59 Å². The van der Waals surface area contributed by atoms with Crippen molar-refractivity contribution in [3.63, 3.8) is 0 Å². The number of ether oxygens (including phenoxy) is 1. The van der Waals surface area contributed by atoms with Crippen molar-refractivity contribution in [2.75, 3.05) is 5.33 Å². The first-order valence-corrected chi connectivity index (χ1v) is 6.51. The van der Waals surface area contributed by atoms with Gasteiger partial charge in [0.15, 0.2) is 0 Å². The number of amides is 1. The second kappa shape index (κ2) is 7.71. The highest BCUT2D eigenvalue weighted by Gasteiger charge is 2.19. The molecule has 0 unspecified atom stereocenters. The average Bonchev–Trinajstić information content (AvgIpc) is 2.37. The number of alkyl carbamates (subject to hydrolysis) is 1. The van der Waals surface area contributed by atoms with Crippen LogP contribution in [0.3, 0.4) is 0 Å². The monoisotopic (exact) mass is 315 g/mol. The lowest BCUT2D eigenvalue weighted by molar-refractivity contribution is -0.139. The summed E-state index contributed by atoms with van der Waals surface area (Å²) in [5.41, 5.74) is 0.847. The number of hydrogen-bond donors (Lipinski definition) is 2. The van der Waals surface area contributed by atoms with E-state index >= 15 is 0 Å². The highest BCUT2D eigenvalue weighted by atomic mass is 79.9. The van der Waals surface area contributed by atoms with Crippen molar-refractivity contribution in [2.45, 2.75) is 19.1 Å². The van der Waals surface area contributed by atoms with Crippen LogP contribution in [0.1, 0.15) is 12.0 Å². The minimum absolute atomic E-state index is 0.118. The topological polar surface area (TPSA) is 75.6 Å². The first-order valence-electron chi connectivity index (χ1n) is 5.39.